The predicted octanol–water partition coefficient (Wildman–Crippen LogP) is 2.55. The Bertz CT molecular complexity index is 489. The summed E-state index contributed by atoms with van der Waals surface area (Å²) in [6.45, 7) is 6.21. The van der Waals surface area contributed by atoms with Gasteiger partial charge in [0.1, 0.15) is 5.82 Å². The van der Waals surface area contributed by atoms with Crippen LogP contribution in [-0.2, 0) is 0 Å². The SMILES string of the molecule is CCC1(NC(=O)c2cc(NN)nc(C(C)C)c2)CCC1. The first kappa shape index (κ1) is 14.8. The number of nitrogen functional groups attached to an aromatic ring is 1. The molecule has 2 rings (SSSR count). The van der Waals surface area contributed by atoms with Gasteiger partial charge in [-0.3, -0.25) is 4.79 Å². The lowest BCUT2D eigenvalue weighted by Crippen LogP contribution is -2.53. The maximum absolute atomic E-state index is 12.4. The van der Waals surface area contributed by atoms with Gasteiger partial charge in [-0.05, 0) is 43.7 Å². The van der Waals surface area contributed by atoms with E-state index in [1.165, 1.54) is 6.42 Å². The van der Waals surface area contributed by atoms with Gasteiger partial charge in [-0.2, -0.15) is 0 Å². The first-order chi connectivity index (χ1) is 9.49. The predicted molar refractivity (Wildman–Crippen MR) is 80.5 cm³/mol. The van der Waals surface area contributed by atoms with Crippen molar-refractivity contribution in [2.45, 2.75) is 57.9 Å². The van der Waals surface area contributed by atoms with Gasteiger partial charge >= 0.3 is 0 Å². The van der Waals surface area contributed by atoms with Crippen LogP contribution in [0.4, 0.5) is 5.82 Å². The Morgan fingerprint density at radius 1 is 1.45 bits per heavy atom. The van der Waals surface area contributed by atoms with Crippen LogP contribution in [0.5, 0.6) is 0 Å². The molecule has 110 valence electrons. The van der Waals surface area contributed by atoms with Crippen LogP contribution in [0.15, 0.2) is 12.1 Å². The van der Waals surface area contributed by atoms with Crippen LogP contribution >= 0.6 is 0 Å². The second kappa shape index (κ2) is 5.79. The lowest BCUT2D eigenvalue weighted by molar-refractivity contribution is 0.0820. The van der Waals surface area contributed by atoms with Crippen LogP contribution in [0.3, 0.4) is 0 Å². The van der Waals surface area contributed by atoms with Crippen LogP contribution in [0.2, 0.25) is 0 Å². The van der Waals surface area contributed by atoms with Crippen molar-refractivity contribution in [1.29, 1.82) is 0 Å². The highest BCUT2D eigenvalue weighted by Gasteiger charge is 2.36. The minimum Gasteiger partial charge on any atom is -0.347 e. The molecule has 0 spiro atoms. The fourth-order valence-corrected chi connectivity index (χ4v) is 2.54. The number of hydrogen-bond donors (Lipinski definition) is 3. The summed E-state index contributed by atoms with van der Waals surface area (Å²) in [6.07, 6.45) is 4.30. The summed E-state index contributed by atoms with van der Waals surface area (Å²) in [7, 11) is 0. The summed E-state index contributed by atoms with van der Waals surface area (Å²) >= 11 is 0. The van der Waals surface area contributed by atoms with Crippen molar-refractivity contribution < 1.29 is 4.79 Å². The third-order valence-corrected chi connectivity index (χ3v) is 4.21. The number of anilines is 1. The molecule has 1 aliphatic rings. The Morgan fingerprint density at radius 2 is 2.15 bits per heavy atom. The quantitative estimate of drug-likeness (QED) is 0.570. The largest absolute Gasteiger partial charge is 0.347 e. The minimum atomic E-state index is -0.0349. The summed E-state index contributed by atoms with van der Waals surface area (Å²) < 4.78 is 0. The molecule has 0 bridgehead atoms. The van der Waals surface area contributed by atoms with Gasteiger partial charge in [-0.1, -0.05) is 20.8 Å². The van der Waals surface area contributed by atoms with Crippen molar-refractivity contribution in [2.24, 2.45) is 5.84 Å². The van der Waals surface area contributed by atoms with E-state index in [4.69, 9.17) is 5.84 Å². The Morgan fingerprint density at radius 3 is 2.60 bits per heavy atom. The standard InChI is InChI=1S/C15H24N4O/c1-4-15(6-5-7-15)18-14(20)11-8-12(10(2)3)17-13(9-11)19-16/h8-10H,4-7,16H2,1-3H3,(H,17,19)(H,18,20). The van der Waals surface area contributed by atoms with E-state index in [1.807, 2.05) is 19.9 Å². The van der Waals surface area contributed by atoms with Crippen LogP contribution < -0.4 is 16.6 Å². The molecule has 0 atom stereocenters. The molecule has 1 aliphatic carbocycles. The van der Waals surface area contributed by atoms with E-state index in [0.29, 0.717) is 11.4 Å². The van der Waals surface area contributed by atoms with E-state index < -0.39 is 0 Å². The molecule has 5 nitrogen and oxygen atoms in total. The molecule has 0 radical (unpaired) electrons. The normalized spacial score (nSPS) is 16.6. The Labute approximate surface area is 120 Å². The van der Waals surface area contributed by atoms with Crippen molar-refractivity contribution >= 4 is 11.7 Å². The van der Waals surface area contributed by atoms with E-state index in [9.17, 15) is 4.79 Å². The average molecular weight is 276 g/mol. The van der Waals surface area contributed by atoms with Gasteiger partial charge in [0.25, 0.3) is 5.91 Å². The molecule has 5 heteroatoms. The van der Waals surface area contributed by atoms with E-state index in [2.05, 4.69) is 22.7 Å². The zero-order chi connectivity index (χ0) is 14.8. The second-order valence-corrected chi connectivity index (χ2v) is 5.91. The van der Waals surface area contributed by atoms with E-state index in [1.54, 1.807) is 6.07 Å². The van der Waals surface area contributed by atoms with Crippen LogP contribution in [0.25, 0.3) is 0 Å². The number of amides is 1. The van der Waals surface area contributed by atoms with Crippen molar-refractivity contribution in [3.05, 3.63) is 23.4 Å². The molecule has 4 N–H and O–H groups in total. The topological polar surface area (TPSA) is 80.0 Å². The molecule has 1 aromatic heterocycles. The smallest absolute Gasteiger partial charge is 0.251 e. The van der Waals surface area contributed by atoms with Gasteiger partial charge in [0, 0.05) is 16.8 Å². The number of nitrogens with zero attached hydrogens (tertiary/aromatic N) is 1. The fourth-order valence-electron chi connectivity index (χ4n) is 2.54. The van der Waals surface area contributed by atoms with Gasteiger partial charge < -0.3 is 10.7 Å². The Hall–Kier alpha value is -1.62. The summed E-state index contributed by atoms with van der Waals surface area (Å²) in [5.74, 6) is 6.18. The number of hydrogen-bond acceptors (Lipinski definition) is 4. The number of pyridine rings is 1. The van der Waals surface area contributed by atoms with Gasteiger partial charge in [0.15, 0.2) is 0 Å². The highest BCUT2D eigenvalue weighted by molar-refractivity contribution is 5.95. The zero-order valence-corrected chi connectivity index (χ0v) is 12.5. The highest BCUT2D eigenvalue weighted by Crippen LogP contribution is 2.35. The lowest BCUT2D eigenvalue weighted by Gasteiger charge is -2.42. The number of carbonyl (C=O) groups is 1. The molecule has 0 aliphatic heterocycles. The number of nitrogens with two attached hydrogens (primary N) is 1. The van der Waals surface area contributed by atoms with Gasteiger partial charge in [-0.25, -0.2) is 10.8 Å². The summed E-state index contributed by atoms with van der Waals surface area (Å²) in [5, 5.41) is 3.18. The Kier molecular flexibility index (Phi) is 4.28. The average Bonchev–Trinajstić information content (AvgIpc) is 2.41. The third-order valence-electron chi connectivity index (χ3n) is 4.21. The molecule has 0 saturated heterocycles. The monoisotopic (exact) mass is 276 g/mol. The summed E-state index contributed by atoms with van der Waals surface area (Å²) in [5.41, 5.74) is 4.01. The van der Waals surface area contributed by atoms with Crippen molar-refractivity contribution in [3.8, 4) is 0 Å². The van der Waals surface area contributed by atoms with Crippen LogP contribution in [-0.4, -0.2) is 16.4 Å². The molecule has 0 unspecified atom stereocenters. The molecular weight excluding hydrogens is 252 g/mol. The first-order valence-corrected chi connectivity index (χ1v) is 7.31. The van der Waals surface area contributed by atoms with Crippen molar-refractivity contribution in [2.75, 3.05) is 5.43 Å². The number of rotatable bonds is 5. The fraction of sp³-hybridized carbons (Fsp3) is 0.600. The van der Waals surface area contributed by atoms with Gasteiger partial charge in [0.05, 0.1) is 0 Å². The lowest BCUT2D eigenvalue weighted by atomic mass is 9.74. The molecule has 0 aromatic carbocycles. The van der Waals surface area contributed by atoms with E-state index in [0.717, 1.165) is 25.0 Å². The number of hydrazine groups is 1. The van der Waals surface area contributed by atoms with Crippen molar-refractivity contribution in [1.82, 2.24) is 10.3 Å². The second-order valence-electron chi connectivity index (χ2n) is 5.91. The minimum absolute atomic E-state index is 0.00530. The zero-order valence-electron chi connectivity index (χ0n) is 12.5. The number of carbonyl (C=O) groups excluding carboxylic acids is 1. The molecule has 1 heterocycles. The Balaban J connectivity index is 2.22. The van der Waals surface area contributed by atoms with Gasteiger partial charge in [-0.15, -0.1) is 0 Å². The van der Waals surface area contributed by atoms with E-state index >= 15 is 0 Å². The van der Waals surface area contributed by atoms with Gasteiger partial charge in [0.2, 0.25) is 0 Å². The number of nitrogens with one attached hydrogen (secondary N) is 2. The molecular formula is C15H24N4O. The number of aromatic nitrogens is 1. The highest BCUT2D eigenvalue weighted by atomic mass is 16.1. The molecule has 20 heavy (non-hydrogen) atoms. The maximum atomic E-state index is 12.4. The molecule has 1 amide bonds. The summed E-state index contributed by atoms with van der Waals surface area (Å²) in [6, 6.07) is 3.55. The van der Waals surface area contributed by atoms with Crippen LogP contribution in [0.1, 0.15) is 68.4 Å². The molecule has 1 saturated carbocycles. The maximum Gasteiger partial charge on any atom is 0.251 e. The van der Waals surface area contributed by atoms with Crippen LogP contribution in [0, 0.1) is 0 Å². The van der Waals surface area contributed by atoms with E-state index in [-0.39, 0.29) is 17.4 Å². The van der Waals surface area contributed by atoms with Crippen molar-refractivity contribution in [3.63, 3.8) is 0 Å². The summed E-state index contributed by atoms with van der Waals surface area (Å²) in [4.78, 5) is 16.8. The first-order valence-electron chi connectivity index (χ1n) is 7.31. The molecule has 1 aromatic rings. The third kappa shape index (κ3) is 2.93. The molecule has 1 fully saturated rings.